The SMILES string of the molecule is Cc1[c-]cc(CF)c(C)c1.[CH3-].[W+2]. The summed E-state index contributed by atoms with van der Waals surface area (Å²) in [6.07, 6.45) is 0. The first-order valence-electron chi connectivity index (χ1n) is 3.28. The standard InChI is InChI=1S/C9H10F.CH3.W/c1-7-3-4-9(6-10)8(2)5-7;;/h4-5H,6H2,1-2H3;1H3;/q2*-1;+2. The molecule has 0 spiro atoms. The minimum atomic E-state index is -0.386. The van der Waals surface area contributed by atoms with Crippen molar-refractivity contribution in [2.24, 2.45) is 0 Å². The van der Waals surface area contributed by atoms with Crippen LogP contribution in [0.25, 0.3) is 0 Å². The Kier molecular flexibility index (Phi) is 7.62. The van der Waals surface area contributed by atoms with E-state index in [1.165, 1.54) is 0 Å². The molecule has 0 fully saturated rings. The van der Waals surface area contributed by atoms with E-state index >= 15 is 0 Å². The molecule has 1 rings (SSSR count). The summed E-state index contributed by atoms with van der Waals surface area (Å²) in [4.78, 5) is 0. The van der Waals surface area contributed by atoms with Crippen molar-refractivity contribution in [3.05, 3.63) is 42.3 Å². The molecule has 2 heteroatoms. The minimum Gasteiger partial charge on any atom is -0.358 e. The fourth-order valence-corrected chi connectivity index (χ4v) is 0.918. The molecule has 12 heavy (non-hydrogen) atoms. The summed E-state index contributed by atoms with van der Waals surface area (Å²) >= 11 is 0. The van der Waals surface area contributed by atoms with Gasteiger partial charge in [-0.15, -0.1) is 5.56 Å². The maximum atomic E-state index is 12.1. The average Bonchev–Trinajstić information content (AvgIpc) is 1.88. The molecule has 1 aromatic carbocycles. The van der Waals surface area contributed by atoms with Gasteiger partial charge in [0.15, 0.2) is 0 Å². The third-order valence-electron chi connectivity index (χ3n) is 1.56. The van der Waals surface area contributed by atoms with Crippen LogP contribution in [0.4, 0.5) is 4.39 Å². The van der Waals surface area contributed by atoms with Gasteiger partial charge in [-0.1, -0.05) is 13.8 Å². The van der Waals surface area contributed by atoms with E-state index in [0.29, 0.717) is 0 Å². The molecule has 0 aliphatic carbocycles. The van der Waals surface area contributed by atoms with E-state index in [1.807, 2.05) is 19.9 Å². The molecule has 0 saturated carbocycles. The molecule has 0 amide bonds. The first-order valence-corrected chi connectivity index (χ1v) is 3.28. The Balaban J connectivity index is 0. The quantitative estimate of drug-likeness (QED) is 0.692. The van der Waals surface area contributed by atoms with Gasteiger partial charge >= 0.3 is 21.1 Å². The molecule has 1 aromatic rings. The number of aryl methyl sites for hydroxylation is 2. The normalized spacial score (nSPS) is 8.25. The Labute approximate surface area is 88.5 Å². The van der Waals surface area contributed by atoms with Crippen LogP contribution in [0.3, 0.4) is 0 Å². The van der Waals surface area contributed by atoms with Crippen LogP contribution < -0.4 is 0 Å². The zero-order valence-electron chi connectivity index (χ0n) is 7.65. The first kappa shape index (κ1) is 14.4. The first-order chi connectivity index (χ1) is 4.74. The summed E-state index contributed by atoms with van der Waals surface area (Å²) in [6, 6.07) is 6.60. The summed E-state index contributed by atoms with van der Waals surface area (Å²) in [6.45, 7) is 3.48. The summed E-state index contributed by atoms with van der Waals surface area (Å²) in [5, 5.41) is 0. The minimum absolute atomic E-state index is 0. The van der Waals surface area contributed by atoms with Crippen LogP contribution in [0.15, 0.2) is 12.1 Å². The Morgan fingerprint density at radius 2 is 2.00 bits per heavy atom. The van der Waals surface area contributed by atoms with Crippen molar-refractivity contribution < 1.29 is 25.5 Å². The summed E-state index contributed by atoms with van der Waals surface area (Å²) < 4.78 is 12.1. The van der Waals surface area contributed by atoms with Crippen LogP contribution in [-0.2, 0) is 27.7 Å². The monoisotopic (exact) mass is 336 g/mol. The number of hydrogen-bond acceptors (Lipinski definition) is 0. The van der Waals surface area contributed by atoms with Crippen molar-refractivity contribution in [3.8, 4) is 0 Å². The van der Waals surface area contributed by atoms with Gasteiger partial charge in [0.2, 0.25) is 0 Å². The average molecular weight is 336 g/mol. The molecule has 0 atom stereocenters. The van der Waals surface area contributed by atoms with Gasteiger partial charge in [0.05, 0.1) is 6.67 Å². The van der Waals surface area contributed by atoms with Gasteiger partial charge in [-0.05, 0) is 0 Å². The predicted octanol–water partition coefficient (Wildman–Crippen LogP) is 3.02. The summed E-state index contributed by atoms with van der Waals surface area (Å²) in [7, 11) is 0. The van der Waals surface area contributed by atoms with E-state index in [9.17, 15) is 4.39 Å². The maximum absolute atomic E-state index is 12.1. The summed E-state index contributed by atoms with van der Waals surface area (Å²) in [5.41, 5.74) is 2.82. The van der Waals surface area contributed by atoms with Crippen molar-refractivity contribution >= 4 is 0 Å². The number of halogens is 1. The van der Waals surface area contributed by atoms with Crippen LogP contribution >= 0.6 is 0 Å². The van der Waals surface area contributed by atoms with Crippen molar-refractivity contribution in [3.63, 3.8) is 0 Å². The van der Waals surface area contributed by atoms with E-state index in [1.54, 1.807) is 6.07 Å². The maximum Gasteiger partial charge on any atom is 2.00 e. The molecule has 0 nitrogen and oxygen atoms in total. The molecule has 0 aliphatic heterocycles. The van der Waals surface area contributed by atoms with Gasteiger partial charge in [-0.3, -0.25) is 4.39 Å². The molecular formula is C10H13FW. The van der Waals surface area contributed by atoms with Crippen molar-refractivity contribution in [2.45, 2.75) is 20.5 Å². The van der Waals surface area contributed by atoms with Crippen molar-refractivity contribution in [1.29, 1.82) is 0 Å². The van der Waals surface area contributed by atoms with Gasteiger partial charge in [0.1, 0.15) is 0 Å². The number of alkyl halides is 1. The van der Waals surface area contributed by atoms with E-state index < -0.39 is 0 Å². The molecule has 0 N–H and O–H groups in total. The van der Waals surface area contributed by atoms with Gasteiger partial charge in [-0.25, -0.2) is 0 Å². The third kappa shape index (κ3) is 3.49. The molecule has 0 heterocycles. The Morgan fingerprint density at radius 1 is 1.42 bits per heavy atom. The number of benzene rings is 1. The van der Waals surface area contributed by atoms with Crippen LogP contribution in [0, 0.1) is 27.3 Å². The van der Waals surface area contributed by atoms with E-state index in [2.05, 4.69) is 6.07 Å². The van der Waals surface area contributed by atoms with E-state index in [-0.39, 0.29) is 35.2 Å². The van der Waals surface area contributed by atoms with Crippen LogP contribution in [-0.4, -0.2) is 0 Å². The molecule has 66 valence electrons. The number of hydrogen-bond donors (Lipinski definition) is 0. The van der Waals surface area contributed by atoms with E-state index in [4.69, 9.17) is 0 Å². The topological polar surface area (TPSA) is 0 Å². The zero-order valence-corrected chi connectivity index (χ0v) is 10.6. The van der Waals surface area contributed by atoms with Crippen LogP contribution in [0.1, 0.15) is 16.7 Å². The molecule has 0 aliphatic rings. The van der Waals surface area contributed by atoms with Crippen LogP contribution in [0.2, 0.25) is 0 Å². The molecule has 0 aromatic heterocycles. The molecule has 0 unspecified atom stereocenters. The largest absolute Gasteiger partial charge is 2.00 e. The fraction of sp³-hybridized carbons (Fsp3) is 0.300. The van der Waals surface area contributed by atoms with Gasteiger partial charge in [0, 0.05) is 0 Å². The molecule has 0 bridgehead atoms. The second-order valence-electron chi connectivity index (χ2n) is 2.46. The van der Waals surface area contributed by atoms with Gasteiger partial charge in [0.25, 0.3) is 0 Å². The van der Waals surface area contributed by atoms with Crippen molar-refractivity contribution in [2.75, 3.05) is 0 Å². The second kappa shape index (κ2) is 6.36. The Bertz CT molecular complexity index is 233. The van der Waals surface area contributed by atoms with E-state index in [0.717, 1.165) is 16.7 Å². The Hall–Kier alpha value is -0.162. The van der Waals surface area contributed by atoms with Gasteiger partial charge < -0.3 is 7.43 Å². The molecular weight excluding hydrogens is 323 g/mol. The van der Waals surface area contributed by atoms with Gasteiger partial charge in [-0.2, -0.15) is 29.3 Å². The molecule has 0 saturated heterocycles. The number of rotatable bonds is 1. The van der Waals surface area contributed by atoms with Crippen molar-refractivity contribution in [1.82, 2.24) is 0 Å². The smallest absolute Gasteiger partial charge is 0.358 e. The predicted molar refractivity (Wildman–Crippen MR) is 46.0 cm³/mol. The third-order valence-corrected chi connectivity index (χ3v) is 1.56. The summed E-state index contributed by atoms with van der Waals surface area (Å²) in [5.74, 6) is 0. The van der Waals surface area contributed by atoms with Crippen LogP contribution in [0.5, 0.6) is 0 Å². The molecule has 0 radical (unpaired) electrons. The fourth-order valence-electron chi connectivity index (χ4n) is 0.918. The zero-order chi connectivity index (χ0) is 7.56. The Morgan fingerprint density at radius 3 is 2.42 bits per heavy atom. The second-order valence-corrected chi connectivity index (χ2v) is 2.46.